The van der Waals surface area contributed by atoms with E-state index in [9.17, 15) is 0 Å². The van der Waals surface area contributed by atoms with Crippen molar-refractivity contribution in [2.75, 3.05) is 9.80 Å². The second-order valence-electron chi connectivity index (χ2n) is 13.8. The average Bonchev–Trinajstić information content (AvgIpc) is 3.29. The van der Waals surface area contributed by atoms with Crippen molar-refractivity contribution in [3.05, 3.63) is 243 Å². The number of rotatable bonds is 10. The van der Waals surface area contributed by atoms with Crippen molar-refractivity contribution in [3.63, 3.8) is 0 Å². The third kappa shape index (κ3) is 8.03. The highest BCUT2D eigenvalue weighted by Crippen LogP contribution is 2.41. The predicted molar refractivity (Wildman–Crippen MR) is 244 cm³/mol. The van der Waals surface area contributed by atoms with E-state index in [0.717, 1.165) is 34.1 Å². The first-order valence-electron chi connectivity index (χ1n) is 19.1. The van der Waals surface area contributed by atoms with Gasteiger partial charge in [-0.15, -0.1) is 0 Å². The first kappa shape index (κ1) is 36.6. The van der Waals surface area contributed by atoms with Crippen molar-refractivity contribution in [2.24, 2.45) is 0 Å². The second kappa shape index (κ2) is 16.9. The maximum atomic E-state index is 2.33. The monoisotopic (exact) mass is 732 g/mol. The van der Waals surface area contributed by atoms with E-state index in [4.69, 9.17) is 0 Å². The minimum Gasteiger partial charge on any atom is -0.311 e. The van der Waals surface area contributed by atoms with Gasteiger partial charge in [-0.25, -0.2) is 0 Å². The van der Waals surface area contributed by atoms with Gasteiger partial charge in [0.15, 0.2) is 0 Å². The van der Waals surface area contributed by atoms with E-state index in [0.29, 0.717) is 0 Å². The molecule has 0 N–H and O–H groups in total. The van der Waals surface area contributed by atoms with Crippen LogP contribution in [0.25, 0.3) is 44.5 Å². The second-order valence-corrected chi connectivity index (χ2v) is 13.8. The standard InChI is InChI=1S/C54H40N2.CH4/c1-5-13-41(14-6-1)45-21-29-49(30-22-45)55(50-31-23-46(24-32-50)42-15-7-2-8-16-42)53-37-39-54(40-38-53)56(51-33-25-47(26-34-51)43-17-9-3-10-18-43)52-35-27-48(28-36-52)44-19-11-4-12-20-44;/h1-40H;1H4. The molecule has 0 saturated heterocycles. The fraction of sp³-hybridized carbons (Fsp3) is 0.0182. The fourth-order valence-electron chi connectivity index (χ4n) is 7.38. The third-order valence-electron chi connectivity index (χ3n) is 10.3. The SMILES string of the molecule is C.c1ccc(-c2ccc(N(c3ccc(-c4ccccc4)cc3)c3ccc(N(c4ccc(-c5ccccc5)cc4)c4ccc(-c5ccccc5)cc4)cc3)cc2)cc1. The van der Waals surface area contributed by atoms with Crippen LogP contribution in [0.15, 0.2) is 243 Å². The molecule has 0 radical (unpaired) electrons. The molecule has 9 aromatic rings. The molecule has 274 valence electrons. The summed E-state index contributed by atoms with van der Waals surface area (Å²) in [4.78, 5) is 4.67. The third-order valence-corrected chi connectivity index (χ3v) is 10.3. The van der Waals surface area contributed by atoms with E-state index in [1.165, 1.54) is 44.5 Å². The smallest absolute Gasteiger partial charge is 0.0463 e. The molecule has 0 aliphatic heterocycles. The first-order chi connectivity index (χ1) is 27.8. The Morgan fingerprint density at radius 1 is 0.158 bits per heavy atom. The van der Waals surface area contributed by atoms with Crippen LogP contribution in [0.4, 0.5) is 34.1 Å². The van der Waals surface area contributed by atoms with Crippen LogP contribution in [-0.4, -0.2) is 0 Å². The molecular formula is C55H44N2. The van der Waals surface area contributed by atoms with Gasteiger partial charge in [0, 0.05) is 34.1 Å². The maximum Gasteiger partial charge on any atom is 0.0463 e. The summed E-state index contributed by atoms with van der Waals surface area (Å²) in [7, 11) is 0. The molecule has 0 bridgehead atoms. The zero-order valence-electron chi connectivity index (χ0n) is 31.0. The van der Waals surface area contributed by atoms with Gasteiger partial charge in [0.1, 0.15) is 0 Å². The van der Waals surface area contributed by atoms with Crippen molar-refractivity contribution >= 4 is 34.1 Å². The molecule has 0 aliphatic rings. The van der Waals surface area contributed by atoms with E-state index in [1.54, 1.807) is 0 Å². The van der Waals surface area contributed by atoms with Crippen LogP contribution < -0.4 is 9.80 Å². The van der Waals surface area contributed by atoms with Gasteiger partial charge in [0.05, 0.1) is 0 Å². The summed E-state index contributed by atoms with van der Waals surface area (Å²) in [6, 6.07) is 86.6. The molecule has 2 heteroatoms. The Hall–Kier alpha value is -7.42. The summed E-state index contributed by atoms with van der Waals surface area (Å²) < 4.78 is 0. The Balaban J connectivity index is 0.00000455. The molecule has 0 saturated carbocycles. The quantitative estimate of drug-likeness (QED) is 0.138. The lowest BCUT2D eigenvalue weighted by atomic mass is 10.0. The number of hydrogen-bond donors (Lipinski definition) is 0. The van der Waals surface area contributed by atoms with Crippen LogP contribution in [0.3, 0.4) is 0 Å². The lowest BCUT2D eigenvalue weighted by molar-refractivity contribution is 1.26. The Labute approximate surface area is 337 Å². The van der Waals surface area contributed by atoms with Crippen molar-refractivity contribution in [1.82, 2.24) is 0 Å². The minimum atomic E-state index is 0. The molecule has 0 amide bonds. The molecule has 0 aliphatic carbocycles. The molecular weight excluding hydrogens is 689 g/mol. The van der Waals surface area contributed by atoms with E-state index in [1.807, 2.05) is 0 Å². The minimum absolute atomic E-state index is 0. The molecule has 9 aromatic carbocycles. The molecule has 9 rings (SSSR count). The number of anilines is 6. The normalized spacial score (nSPS) is 10.7. The topological polar surface area (TPSA) is 6.48 Å². The predicted octanol–water partition coefficient (Wildman–Crippen LogP) is 15.9. The number of benzene rings is 9. The van der Waals surface area contributed by atoms with Gasteiger partial charge in [0.2, 0.25) is 0 Å². The zero-order valence-corrected chi connectivity index (χ0v) is 31.0. The Morgan fingerprint density at radius 2 is 0.298 bits per heavy atom. The maximum absolute atomic E-state index is 2.33. The van der Waals surface area contributed by atoms with Gasteiger partial charge in [-0.05, 0) is 117 Å². The van der Waals surface area contributed by atoms with Crippen LogP contribution >= 0.6 is 0 Å². The largest absolute Gasteiger partial charge is 0.311 e. The van der Waals surface area contributed by atoms with Crippen molar-refractivity contribution in [1.29, 1.82) is 0 Å². The molecule has 0 aromatic heterocycles. The molecule has 0 fully saturated rings. The Bertz CT molecular complexity index is 2250. The van der Waals surface area contributed by atoms with E-state index >= 15 is 0 Å². The van der Waals surface area contributed by atoms with Crippen LogP contribution in [0.5, 0.6) is 0 Å². The van der Waals surface area contributed by atoms with E-state index in [-0.39, 0.29) is 7.43 Å². The molecule has 0 atom stereocenters. The molecule has 2 nitrogen and oxygen atoms in total. The highest BCUT2D eigenvalue weighted by atomic mass is 15.2. The lowest BCUT2D eigenvalue weighted by Gasteiger charge is -2.29. The van der Waals surface area contributed by atoms with Gasteiger partial charge < -0.3 is 9.80 Å². The Kier molecular flexibility index (Phi) is 10.9. The molecule has 0 spiro atoms. The first-order valence-corrected chi connectivity index (χ1v) is 19.1. The summed E-state index contributed by atoms with van der Waals surface area (Å²) in [6.07, 6.45) is 0. The van der Waals surface area contributed by atoms with Crippen LogP contribution in [0.1, 0.15) is 7.43 Å². The highest BCUT2D eigenvalue weighted by Gasteiger charge is 2.17. The number of nitrogens with zero attached hydrogens (tertiary/aromatic N) is 2. The van der Waals surface area contributed by atoms with Gasteiger partial charge in [0.25, 0.3) is 0 Å². The summed E-state index contributed by atoms with van der Waals surface area (Å²) in [6.45, 7) is 0. The Morgan fingerprint density at radius 3 is 0.474 bits per heavy atom. The molecule has 57 heavy (non-hydrogen) atoms. The van der Waals surface area contributed by atoms with Crippen molar-refractivity contribution in [3.8, 4) is 44.5 Å². The summed E-state index contributed by atoms with van der Waals surface area (Å²) in [5.41, 5.74) is 16.1. The summed E-state index contributed by atoms with van der Waals surface area (Å²) >= 11 is 0. The van der Waals surface area contributed by atoms with Gasteiger partial charge in [-0.3, -0.25) is 0 Å². The summed E-state index contributed by atoms with van der Waals surface area (Å²) in [5, 5.41) is 0. The average molecular weight is 733 g/mol. The van der Waals surface area contributed by atoms with E-state index < -0.39 is 0 Å². The van der Waals surface area contributed by atoms with Crippen LogP contribution in [0, 0.1) is 0 Å². The van der Waals surface area contributed by atoms with E-state index in [2.05, 4.69) is 252 Å². The molecule has 0 unspecified atom stereocenters. The lowest BCUT2D eigenvalue weighted by Crippen LogP contribution is -2.12. The summed E-state index contributed by atoms with van der Waals surface area (Å²) in [5.74, 6) is 0. The number of hydrogen-bond acceptors (Lipinski definition) is 2. The van der Waals surface area contributed by atoms with Crippen molar-refractivity contribution < 1.29 is 0 Å². The zero-order chi connectivity index (χ0) is 37.5. The molecule has 0 heterocycles. The van der Waals surface area contributed by atoms with Crippen LogP contribution in [0.2, 0.25) is 0 Å². The highest BCUT2D eigenvalue weighted by molar-refractivity contribution is 5.84. The van der Waals surface area contributed by atoms with Gasteiger partial charge in [-0.2, -0.15) is 0 Å². The van der Waals surface area contributed by atoms with Gasteiger partial charge in [-0.1, -0.05) is 177 Å². The van der Waals surface area contributed by atoms with Gasteiger partial charge >= 0.3 is 0 Å². The van der Waals surface area contributed by atoms with Crippen LogP contribution in [-0.2, 0) is 0 Å². The fourth-order valence-corrected chi connectivity index (χ4v) is 7.38. The van der Waals surface area contributed by atoms with Crippen molar-refractivity contribution in [2.45, 2.75) is 7.43 Å².